The molecule has 4 nitrogen and oxygen atoms in total. The fourth-order valence-electron chi connectivity index (χ4n) is 0.295. The molecule has 0 saturated heterocycles. The molecule has 0 aromatic carbocycles. The Morgan fingerprint density at radius 3 is 2.50 bits per heavy atom. The summed E-state index contributed by atoms with van der Waals surface area (Å²) in [7, 11) is 1.26. The summed E-state index contributed by atoms with van der Waals surface area (Å²) in [6.07, 6.45) is 2.36. The Kier molecular flexibility index (Phi) is 3.95. The van der Waals surface area contributed by atoms with Gasteiger partial charge in [0.2, 0.25) is 5.91 Å². The molecule has 0 saturated carbocycles. The van der Waals surface area contributed by atoms with Gasteiger partial charge in [-0.1, -0.05) is 0 Å². The minimum absolute atomic E-state index is 0.222. The zero-order valence-corrected chi connectivity index (χ0v) is 5.88. The molecule has 0 aromatic rings. The summed E-state index contributed by atoms with van der Waals surface area (Å²) in [5.41, 5.74) is 0. The number of nitrogens with one attached hydrogen (secondary N) is 1. The molecule has 0 fully saturated rings. The van der Waals surface area contributed by atoms with Crippen LogP contribution in [0.2, 0.25) is 0 Å². The number of hydrogen-bond donors (Lipinski definition) is 1. The van der Waals surface area contributed by atoms with E-state index in [1.165, 1.54) is 20.2 Å². The molecule has 0 bridgehead atoms. The first kappa shape index (κ1) is 8.68. The predicted octanol–water partition coefficient (Wildman–Crippen LogP) is -0.191. The Hall–Kier alpha value is -1.32. The molecule has 0 rings (SSSR count). The molecule has 4 heteroatoms. The second-order valence-corrected chi connectivity index (χ2v) is 1.56. The van der Waals surface area contributed by atoms with Gasteiger partial charge in [0, 0.05) is 19.2 Å². The molecule has 0 unspecified atom stereocenters. The van der Waals surface area contributed by atoms with E-state index in [2.05, 4.69) is 10.1 Å². The lowest BCUT2D eigenvalue weighted by Gasteiger charge is -1.90. The minimum Gasteiger partial charge on any atom is -0.466 e. The average Bonchev–Trinajstić information content (AvgIpc) is 1.87. The van der Waals surface area contributed by atoms with Crippen LogP contribution in [-0.4, -0.2) is 19.0 Å². The minimum atomic E-state index is -0.492. The van der Waals surface area contributed by atoms with Crippen molar-refractivity contribution in [3.8, 4) is 0 Å². The van der Waals surface area contributed by atoms with Crippen molar-refractivity contribution in [2.24, 2.45) is 0 Å². The number of rotatable bonds is 2. The zero-order chi connectivity index (χ0) is 7.98. The number of esters is 1. The summed E-state index contributed by atoms with van der Waals surface area (Å²) in [4.78, 5) is 20.5. The maximum Gasteiger partial charge on any atom is 0.331 e. The average molecular weight is 143 g/mol. The van der Waals surface area contributed by atoms with Gasteiger partial charge in [0.25, 0.3) is 0 Å². The molecule has 56 valence electrons. The lowest BCUT2D eigenvalue weighted by molar-refractivity contribution is -0.134. The lowest BCUT2D eigenvalue weighted by atomic mass is 10.6. The Morgan fingerprint density at radius 2 is 2.10 bits per heavy atom. The van der Waals surface area contributed by atoms with E-state index in [1.807, 2.05) is 0 Å². The third-order valence-electron chi connectivity index (χ3n) is 0.707. The van der Waals surface area contributed by atoms with Crippen LogP contribution in [0.3, 0.4) is 0 Å². The van der Waals surface area contributed by atoms with Crippen LogP contribution in [0.1, 0.15) is 6.92 Å². The van der Waals surface area contributed by atoms with Crippen molar-refractivity contribution in [3.05, 3.63) is 12.3 Å². The topological polar surface area (TPSA) is 55.4 Å². The van der Waals surface area contributed by atoms with Crippen LogP contribution < -0.4 is 5.32 Å². The number of amides is 1. The van der Waals surface area contributed by atoms with Crippen LogP contribution in [-0.2, 0) is 14.3 Å². The molecule has 1 amide bonds. The third kappa shape index (κ3) is 4.83. The first-order chi connectivity index (χ1) is 4.66. The van der Waals surface area contributed by atoms with E-state index in [-0.39, 0.29) is 5.91 Å². The van der Waals surface area contributed by atoms with Crippen molar-refractivity contribution < 1.29 is 14.3 Å². The van der Waals surface area contributed by atoms with E-state index in [9.17, 15) is 9.59 Å². The number of methoxy groups -OCH3 is 1. The highest BCUT2D eigenvalue weighted by atomic mass is 16.5. The monoisotopic (exact) mass is 143 g/mol. The van der Waals surface area contributed by atoms with E-state index in [0.717, 1.165) is 6.08 Å². The van der Waals surface area contributed by atoms with Crippen LogP contribution in [0.5, 0.6) is 0 Å². The Balaban J connectivity index is 3.56. The lowest BCUT2D eigenvalue weighted by Crippen LogP contribution is -2.12. The van der Waals surface area contributed by atoms with Gasteiger partial charge >= 0.3 is 5.97 Å². The smallest absolute Gasteiger partial charge is 0.331 e. The maximum atomic E-state index is 10.3. The van der Waals surface area contributed by atoms with Crippen molar-refractivity contribution >= 4 is 11.9 Å². The highest BCUT2D eigenvalue weighted by molar-refractivity contribution is 5.83. The first-order valence-corrected chi connectivity index (χ1v) is 2.68. The molecule has 0 aliphatic rings. The summed E-state index contributed by atoms with van der Waals surface area (Å²) in [6.45, 7) is 1.35. The van der Waals surface area contributed by atoms with Gasteiger partial charge in [0.15, 0.2) is 0 Å². The van der Waals surface area contributed by atoms with Gasteiger partial charge in [-0.3, -0.25) is 4.79 Å². The van der Waals surface area contributed by atoms with Crippen LogP contribution in [0, 0.1) is 0 Å². The standard InChI is InChI=1S/C6H9NO3/c1-5(8)7-4-3-6(9)10-2/h3-4H,1-2H3,(H,7,8)/b4-3-. The molecule has 1 N–H and O–H groups in total. The van der Waals surface area contributed by atoms with Crippen LogP contribution in [0.4, 0.5) is 0 Å². The second kappa shape index (κ2) is 4.55. The molecule has 10 heavy (non-hydrogen) atoms. The van der Waals surface area contributed by atoms with E-state index in [1.54, 1.807) is 0 Å². The molecule has 0 heterocycles. The van der Waals surface area contributed by atoms with Crippen molar-refractivity contribution in [1.29, 1.82) is 0 Å². The number of ether oxygens (including phenoxy) is 1. The van der Waals surface area contributed by atoms with Gasteiger partial charge in [0.05, 0.1) is 7.11 Å². The first-order valence-electron chi connectivity index (χ1n) is 2.68. The summed E-state index contributed by atoms with van der Waals surface area (Å²) in [5, 5.41) is 2.29. The third-order valence-corrected chi connectivity index (χ3v) is 0.707. The van der Waals surface area contributed by atoms with Crippen molar-refractivity contribution in [2.75, 3.05) is 7.11 Å². The highest BCUT2D eigenvalue weighted by Crippen LogP contribution is 1.74. The van der Waals surface area contributed by atoms with Gasteiger partial charge in [0.1, 0.15) is 0 Å². The maximum absolute atomic E-state index is 10.3. The Bertz CT molecular complexity index is 162. The number of hydrogen-bond acceptors (Lipinski definition) is 3. The summed E-state index contributed by atoms with van der Waals surface area (Å²) >= 11 is 0. The van der Waals surface area contributed by atoms with Crippen LogP contribution in [0.25, 0.3) is 0 Å². The molecular weight excluding hydrogens is 134 g/mol. The van der Waals surface area contributed by atoms with Gasteiger partial charge in [-0.2, -0.15) is 0 Å². The molecule has 0 spiro atoms. The fraction of sp³-hybridized carbons (Fsp3) is 0.333. The van der Waals surface area contributed by atoms with E-state index >= 15 is 0 Å². The number of carbonyl (C=O) groups is 2. The van der Waals surface area contributed by atoms with Gasteiger partial charge in [-0.25, -0.2) is 4.79 Å². The molecule has 0 aliphatic carbocycles. The molecule has 0 aromatic heterocycles. The van der Waals surface area contributed by atoms with Crippen LogP contribution >= 0.6 is 0 Å². The summed E-state index contributed by atoms with van der Waals surface area (Å²) in [5.74, 6) is -0.714. The van der Waals surface area contributed by atoms with Crippen molar-refractivity contribution in [2.45, 2.75) is 6.92 Å². The number of carbonyl (C=O) groups excluding carboxylic acids is 2. The Labute approximate surface area is 58.9 Å². The Morgan fingerprint density at radius 1 is 1.50 bits per heavy atom. The summed E-state index contributed by atoms with van der Waals surface area (Å²) < 4.78 is 4.25. The predicted molar refractivity (Wildman–Crippen MR) is 35.0 cm³/mol. The highest BCUT2D eigenvalue weighted by Gasteiger charge is 1.89. The van der Waals surface area contributed by atoms with Crippen molar-refractivity contribution in [3.63, 3.8) is 0 Å². The quantitative estimate of drug-likeness (QED) is 0.430. The van der Waals surface area contributed by atoms with Gasteiger partial charge in [-0.15, -0.1) is 0 Å². The van der Waals surface area contributed by atoms with Crippen molar-refractivity contribution in [1.82, 2.24) is 5.32 Å². The van der Waals surface area contributed by atoms with E-state index in [0.29, 0.717) is 0 Å². The molecule has 0 aliphatic heterocycles. The fourth-order valence-corrected chi connectivity index (χ4v) is 0.295. The molecule has 0 radical (unpaired) electrons. The van der Waals surface area contributed by atoms with Crippen LogP contribution in [0.15, 0.2) is 12.3 Å². The van der Waals surface area contributed by atoms with Gasteiger partial charge in [-0.05, 0) is 0 Å². The van der Waals surface area contributed by atoms with E-state index < -0.39 is 5.97 Å². The van der Waals surface area contributed by atoms with Gasteiger partial charge < -0.3 is 10.1 Å². The summed E-state index contributed by atoms with van der Waals surface area (Å²) in [6, 6.07) is 0. The second-order valence-electron chi connectivity index (χ2n) is 1.56. The van der Waals surface area contributed by atoms with E-state index in [4.69, 9.17) is 0 Å². The largest absolute Gasteiger partial charge is 0.466 e. The zero-order valence-electron chi connectivity index (χ0n) is 5.88. The molecular formula is C6H9NO3. The SMILES string of the molecule is COC(=O)/C=C\NC(C)=O. The normalized spacial score (nSPS) is 9.40. The molecule has 0 atom stereocenters.